The fraction of sp³-hybridized carbons (Fsp3) is 0.200. The number of alkyl halides is 3. The first-order valence-corrected chi connectivity index (χ1v) is 13.2. The second kappa shape index (κ2) is 12.7. The SMILES string of the molecule is COCCOc1ccc(/C=C(\C)C(=O)NS(=O)(=O)c2cccc(Cl)c2)c(Oc2ncc(C(F)(F)F)cc2Cl)c1. The highest BCUT2D eigenvalue weighted by Gasteiger charge is 2.32. The van der Waals surface area contributed by atoms with Gasteiger partial charge in [0.25, 0.3) is 15.9 Å². The molecular formula is C25H21Cl2F3N2O6S. The van der Waals surface area contributed by atoms with Gasteiger partial charge in [-0.15, -0.1) is 0 Å². The number of nitrogens with one attached hydrogen (secondary N) is 1. The van der Waals surface area contributed by atoms with Crippen molar-refractivity contribution in [3.05, 3.63) is 81.5 Å². The summed E-state index contributed by atoms with van der Waals surface area (Å²) in [4.78, 5) is 16.2. The predicted octanol–water partition coefficient (Wildman–Crippen LogP) is 6.13. The Balaban J connectivity index is 1.93. The number of nitrogens with zero attached hydrogens (tertiary/aromatic N) is 1. The maximum absolute atomic E-state index is 13.0. The zero-order valence-corrected chi connectivity index (χ0v) is 22.7. The van der Waals surface area contributed by atoms with Crippen molar-refractivity contribution < 1.29 is 40.6 Å². The van der Waals surface area contributed by atoms with E-state index in [0.29, 0.717) is 18.0 Å². The van der Waals surface area contributed by atoms with Gasteiger partial charge in [-0.1, -0.05) is 29.3 Å². The molecule has 0 radical (unpaired) electrons. The van der Waals surface area contributed by atoms with Crippen molar-refractivity contribution in [3.63, 3.8) is 0 Å². The monoisotopic (exact) mass is 604 g/mol. The molecule has 0 spiro atoms. The lowest BCUT2D eigenvalue weighted by Crippen LogP contribution is -2.31. The van der Waals surface area contributed by atoms with Crippen LogP contribution in [0.15, 0.2) is 65.2 Å². The molecule has 2 aromatic carbocycles. The van der Waals surface area contributed by atoms with Crippen LogP contribution in [-0.2, 0) is 25.7 Å². The summed E-state index contributed by atoms with van der Waals surface area (Å²) >= 11 is 11.8. The molecule has 14 heteroatoms. The number of rotatable bonds is 10. The normalized spacial score (nSPS) is 12.2. The number of methoxy groups -OCH3 is 1. The molecule has 0 saturated heterocycles. The summed E-state index contributed by atoms with van der Waals surface area (Å²) < 4.78 is 82.3. The number of ether oxygens (including phenoxy) is 3. The molecule has 0 fully saturated rings. The number of pyridine rings is 1. The number of aromatic nitrogens is 1. The quantitative estimate of drug-likeness (QED) is 0.219. The topological polar surface area (TPSA) is 104 Å². The minimum absolute atomic E-state index is 0.0175. The molecule has 1 amide bonds. The van der Waals surface area contributed by atoms with Crippen molar-refractivity contribution >= 4 is 45.2 Å². The first-order valence-electron chi connectivity index (χ1n) is 11.0. The van der Waals surface area contributed by atoms with E-state index in [2.05, 4.69) is 4.98 Å². The number of hydrogen-bond acceptors (Lipinski definition) is 7. The molecule has 0 saturated carbocycles. The number of carbonyl (C=O) groups is 1. The van der Waals surface area contributed by atoms with Gasteiger partial charge in [-0.25, -0.2) is 18.1 Å². The number of hydrogen-bond donors (Lipinski definition) is 1. The molecule has 0 aliphatic rings. The third kappa shape index (κ3) is 8.33. The van der Waals surface area contributed by atoms with Gasteiger partial charge in [-0.05, 0) is 49.4 Å². The highest BCUT2D eigenvalue weighted by atomic mass is 35.5. The Hall–Kier alpha value is -3.32. The van der Waals surface area contributed by atoms with Crippen LogP contribution in [0.4, 0.5) is 13.2 Å². The van der Waals surface area contributed by atoms with E-state index in [9.17, 15) is 26.4 Å². The lowest BCUT2D eigenvalue weighted by molar-refractivity contribution is -0.137. The second-order valence-electron chi connectivity index (χ2n) is 7.87. The van der Waals surface area contributed by atoms with Crippen molar-refractivity contribution in [2.75, 3.05) is 20.3 Å². The maximum atomic E-state index is 13.0. The molecule has 0 atom stereocenters. The number of amides is 1. The van der Waals surface area contributed by atoms with Crippen molar-refractivity contribution in [1.29, 1.82) is 0 Å². The number of benzene rings is 2. The fourth-order valence-corrected chi connectivity index (χ4v) is 4.53. The van der Waals surface area contributed by atoms with Crippen molar-refractivity contribution in [1.82, 2.24) is 9.71 Å². The van der Waals surface area contributed by atoms with Crippen LogP contribution in [0.25, 0.3) is 6.08 Å². The van der Waals surface area contributed by atoms with E-state index in [4.69, 9.17) is 37.4 Å². The summed E-state index contributed by atoms with van der Waals surface area (Å²) in [5.74, 6) is -0.942. The second-order valence-corrected chi connectivity index (χ2v) is 10.4. The molecule has 1 aromatic heterocycles. The standard InChI is InChI=1S/C25H21Cl2F3N2O6S/c1-15(23(33)32-39(34,35)20-5-3-4-18(26)12-20)10-16-6-7-19(37-9-8-36-2)13-22(16)38-24-21(27)11-17(14-31-24)25(28,29)30/h3-7,10-14H,8-9H2,1-2H3,(H,32,33)/b15-10+. The first-order chi connectivity index (χ1) is 18.3. The van der Waals surface area contributed by atoms with Gasteiger partial charge < -0.3 is 14.2 Å². The Bertz CT molecular complexity index is 1500. The van der Waals surface area contributed by atoms with Crippen molar-refractivity contribution in [3.8, 4) is 17.4 Å². The minimum atomic E-state index is -4.66. The van der Waals surface area contributed by atoms with Gasteiger partial charge in [0.05, 0.1) is 17.1 Å². The Morgan fingerprint density at radius 3 is 2.49 bits per heavy atom. The van der Waals surface area contributed by atoms with Crippen LogP contribution in [-0.4, -0.2) is 39.6 Å². The van der Waals surface area contributed by atoms with Gasteiger partial charge >= 0.3 is 6.18 Å². The number of sulfonamides is 1. The Labute approximate surface area is 232 Å². The van der Waals surface area contributed by atoms with E-state index in [-0.39, 0.29) is 45.9 Å². The maximum Gasteiger partial charge on any atom is 0.417 e. The van der Waals surface area contributed by atoms with Crippen LogP contribution < -0.4 is 14.2 Å². The zero-order valence-electron chi connectivity index (χ0n) is 20.4. The third-order valence-corrected chi connectivity index (χ3v) is 6.78. The zero-order chi connectivity index (χ0) is 28.8. The van der Waals surface area contributed by atoms with E-state index in [0.717, 1.165) is 0 Å². The van der Waals surface area contributed by atoms with Gasteiger partial charge in [0.2, 0.25) is 5.88 Å². The predicted molar refractivity (Wildman–Crippen MR) is 139 cm³/mol. The highest BCUT2D eigenvalue weighted by Crippen LogP contribution is 2.37. The van der Waals surface area contributed by atoms with Gasteiger partial charge in [0.1, 0.15) is 23.1 Å². The lowest BCUT2D eigenvalue weighted by Gasteiger charge is -2.14. The largest absolute Gasteiger partial charge is 0.491 e. The third-order valence-electron chi connectivity index (χ3n) is 4.95. The molecule has 3 aromatic rings. The van der Waals surface area contributed by atoms with Crippen molar-refractivity contribution in [2.45, 2.75) is 18.0 Å². The summed E-state index contributed by atoms with van der Waals surface area (Å²) in [5, 5.41) is -0.240. The molecule has 0 bridgehead atoms. The van der Waals surface area contributed by atoms with Gasteiger partial charge in [-0.2, -0.15) is 13.2 Å². The molecule has 39 heavy (non-hydrogen) atoms. The summed E-state index contributed by atoms with van der Waals surface area (Å²) in [6, 6.07) is 10.5. The van der Waals surface area contributed by atoms with Crippen LogP contribution in [0.5, 0.6) is 17.4 Å². The van der Waals surface area contributed by atoms with E-state index in [1.54, 1.807) is 6.07 Å². The molecule has 3 rings (SSSR count). The minimum Gasteiger partial charge on any atom is -0.491 e. The Morgan fingerprint density at radius 2 is 1.85 bits per heavy atom. The molecule has 1 heterocycles. The summed E-state index contributed by atoms with van der Waals surface area (Å²) in [5.41, 5.74) is -0.852. The summed E-state index contributed by atoms with van der Waals surface area (Å²) in [6.07, 6.45) is -2.78. The Morgan fingerprint density at radius 1 is 1.10 bits per heavy atom. The van der Waals surface area contributed by atoms with E-state index in [1.807, 2.05) is 4.72 Å². The lowest BCUT2D eigenvalue weighted by atomic mass is 10.1. The van der Waals surface area contributed by atoms with Crippen LogP contribution in [0.2, 0.25) is 10.0 Å². The van der Waals surface area contributed by atoms with Gasteiger partial charge in [-0.3, -0.25) is 4.79 Å². The highest BCUT2D eigenvalue weighted by molar-refractivity contribution is 7.90. The molecular weight excluding hydrogens is 584 g/mol. The smallest absolute Gasteiger partial charge is 0.417 e. The molecule has 208 valence electrons. The van der Waals surface area contributed by atoms with E-state index >= 15 is 0 Å². The van der Waals surface area contributed by atoms with Gasteiger partial charge in [0.15, 0.2) is 0 Å². The molecule has 0 unspecified atom stereocenters. The number of carbonyl (C=O) groups excluding carboxylic acids is 1. The number of halogens is 5. The summed E-state index contributed by atoms with van der Waals surface area (Å²) in [7, 11) is -2.74. The summed E-state index contributed by atoms with van der Waals surface area (Å²) in [6.45, 7) is 1.83. The average Bonchev–Trinajstić information content (AvgIpc) is 2.86. The average molecular weight is 605 g/mol. The van der Waals surface area contributed by atoms with Crippen LogP contribution in [0, 0.1) is 0 Å². The van der Waals surface area contributed by atoms with Crippen LogP contribution >= 0.6 is 23.2 Å². The fourth-order valence-electron chi connectivity index (χ4n) is 3.01. The van der Waals surface area contributed by atoms with Crippen molar-refractivity contribution in [2.24, 2.45) is 0 Å². The molecule has 8 nitrogen and oxygen atoms in total. The molecule has 0 aliphatic heterocycles. The first kappa shape index (κ1) is 30.2. The van der Waals surface area contributed by atoms with E-state index < -0.39 is 32.7 Å². The Kier molecular flexibility index (Phi) is 9.83. The van der Waals surface area contributed by atoms with Gasteiger partial charge in [0, 0.05) is 35.5 Å². The molecule has 1 N–H and O–H groups in total. The van der Waals surface area contributed by atoms with Crippen LogP contribution in [0.1, 0.15) is 18.1 Å². The van der Waals surface area contributed by atoms with E-state index in [1.165, 1.54) is 56.5 Å². The van der Waals surface area contributed by atoms with Crippen LogP contribution in [0.3, 0.4) is 0 Å². The molecule has 0 aliphatic carbocycles.